The van der Waals surface area contributed by atoms with E-state index in [2.05, 4.69) is 16.0 Å². The SMILES string of the molecule is CCC(C)C(NC(=O)C(C)N)C(=O)NC(C)C(=O)NC(CC(N)=O)C(=O)O. The van der Waals surface area contributed by atoms with Crippen molar-refractivity contribution in [3.63, 3.8) is 0 Å². The zero-order chi connectivity index (χ0) is 21.3. The van der Waals surface area contributed by atoms with Crippen LogP contribution in [0.4, 0.5) is 0 Å². The fourth-order valence-corrected chi connectivity index (χ4v) is 2.05. The first kappa shape index (κ1) is 24.3. The van der Waals surface area contributed by atoms with Crippen LogP contribution in [-0.2, 0) is 24.0 Å². The fraction of sp³-hybridized carbons (Fsp3) is 0.688. The lowest BCUT2D eigenvalue weighted by atomic mass is 9.97. The maximum absolute atomic E-state index is 12.5. The summed E-state index contributed by atoms with van der Waals surface area (Å²) in [5.74, 6) is -4.48. The number of primary amides is 1. The maximum Gasteiger partial charge on any atom is 0.326 e. The molecule has 0 radical (unpaired) electrons. The Balaban J connectivity index is 5.04. The second-order valence-corrected chi connectivity index (χ2v) is 6.46. The summed E-state index contributed by atoms with van der Waals surface area (Å²) in [7, 11) is 0. The molecule has 0 aromatic carbocycles. The number of carboxylic acids is 1. The molecule has 4 amide bonds. The van der Waals surface area contributed by atoms with E-state index in [0.29, 0.717) is 6.42 Å². The number of hydrogen-bond acceptors (Lipinski definition) is 6. The van der Waals surface area contributed by atoms with Crippen molar-refractivity contribution in [2.45, 2.75) is 64.7 Å². The number of nitrogens with two attached hydrogens (primary N) is 2. The van der Waals surface area contributed by atoms with Gasteiger partial charge in [0, 0.05) is 0 Å². The molecule has 0 aliphatic heterocycles. The van der Waals surface area contributed by atoms with Crippen molar-refractivity contribution in [2.24, 2.45) is 17.4 Å². The molecular weight excluding hydrogens is 358 g/mol. The van der Waals surface area contributed by atoms with E-state index in [0.717, 1.165) is 0 Å². The Morgan fingerprint density at radius 2 is 1.48 bits per heavy atom. The number of nitrogens with one attached hydrogen (secondary N) is 3. The lowest BCUT2D eigenvalue weighted by molar-refractivity contribution is -0.143. The molecule has 0 spiro atoms. The van der Waals surface area contributed by atoms with E-state index in [4.69, 9.17) is 16.6 Å². The van der Waals surface area contributed by atoms with Gasteiger partial charge in [-0.1, -0.05) is 20.3 Å². The van der Waals surface area contributed by atoms with E-state index in [1.807, 2.05) is 6.92 Å². The van der Waals surface area contributed by atoms with Gasteiger partial charge in [0.05, 0.1) is 12.5 Å². The van der Waals surface area contributed by atoms with Gasteiger partial charge in [-0.25, -0.2) is 4.79 Å². The number of amides is 4. The van der Waals surface area contributed by atoms with Gasteiger partial charge in [0.25, 0.3) is 0 Å². The first-order valence-corrected chi connectivity index (χ1v) is 8.58. The van der Waals surface area contributed by atoms with Crippen LogP contribution in [0, 0.1) is 5.92 Å². The number of aliphatic carboxylic acids is 1. The fourth-order valence-electron chi connectivity index (χ4n) is 2.05. The molecule has 27 heavy (non-hydrogen) atoms. The van der Waals surface area contributed by atoms with E-state index in [1.54, 1.807) is 6.92 Å². The summed E-state index contributed by atoms with van der Waals surface area (Å²) < 4.78 is 0. The van der Waals surface area contributed by atoms with E-state index in [-0.39, 0.29) is 5.92 Å². The quantitative estimate of drug-likeness (QED) is 0.232. The first-order chi connectivity index (χ1) is 12.4. The van der Waals surface area contributed by atoms with Gasteiger partial charge in [0.2, 0.25) is 23.6 Å². The molecule has 5 unspecified atom stereocenters. The van der Waals surface area contributed by atoms with E-state index < -0.39 is 60.2 Å². The average Bonchev–Trinajstić information content (AvgIpc) is 2.56. The monoisotopic (exact) mass is 387 g/mol. The van der Waals surface area contributed by atoms with Crippen molar-refractivity contribution >= 4 is 29.6 Å². The minimum atomic E-state index is -1.50. The van der Waals surface area contributed by atoms with E-state index >= 15 is 0 Å². The van der Waals surface area contributed by atoms with Gasteiger partial charge in [0.15, 0.2) is 0 Å². The van der Waals surface area contributed by atoms with Crippen LogP contribution in [-0.4, -0.2) is 58.9 Å². The summed E-state index contributed by atoms with van der Waals surface area (Å²) in [6, 6.07) is -4.33. The normalized spacial score (nSPS) is 16.2. The molecule has 0 bridgehead atoms. The van der Waals surface area contributed by atoms with Gasteiger partial charge in [-0.05, 0) is 19.8 Å². The molecule has 8 N–H and O–H groups in total. The lowest BCUT2D eigenvalue weighted by Crippen LogP contribution is -2.57. The van der Waals surface area contributed by atoms with Crippen LogP contribution >= 0.6 is 0 Å². The van der Waals surface area contributed by atoms with Crippen LogP contribution in [0.3, 0.4) is 0 Å². The van der Waals surface area contributed by atoms with E-state index in [1.165, 1.54) is 13.8 Å². The van der Waals surface area contributed by atoms with Crippen molar-refractivity contribution in [1.82, 2.24) is 16.0 Å². The smallest absolute Gasteiger partial charge is 0.326 e. The Morgan fingerprint density at radius 3 is 1.89 bits per heavy atom. The molecule has 0 aliphatic rings. The van der Waals surface area contributed by atoms with Gasteiger partial charge < -0.3 is 32.5 Å². The van der Waals surface area contributed by atoms with E-state index in [9.17, 15) is 24.0 Å². The summed E-state index contributed by atoms with van der Waals surface area (Å²) >= 11 is 0. The zero-order valence-electron chi connectivity index (χ0n) is 15.9. The Kier molecular flexibility index (Phi) is 10.0. The van der Waals surface area contributed by atoms with Crippen LogP contribution in [0.5, 0.6) is 0 Å². The van der Waals surface area contributed by atoms with Gasteiger partial charge in [-0.15, -0.1) is 0 Å². The molecule has 0 aromatic heterocycles. The second-order valence-electron chi connectivity index (χ2n) is 6.46. The molecule has 11 heteroatoms. The minimum absolute atomic E-state index is 0.232. The van der Waals surface area contributed by atoms with Gasteiger partial charge in [0.1, 0.15) is 18.1 Å². The average molecular weight is 387 g/mol. The molecule has 11 nitrogen and oxygen atoms in total. The molecule has 5 atom stereocenters. The standard InChI is InChI=1S/C16H29N5O6/c1-5-7(2)12(21-13(23)8(3)17)15(25)19-9(4)14(24)20-10(16(26)27)6-11(18)22/h7-10,12H,5-6,17H2,1-4H3,(H2,18,22)(H,19,25)(H,20,24)(H,21,23)(H,26,27). The Bertz CT molecular complexity index is 580. The summed E-state index contributed by atoms with van der Waals surface area (Å²) in [6.45, 7) is 6.41. The highest BCUT2D eigenvalue weighted by atomic mass is 16.4. The van der Waals surface area contributed by atoms with Crippen molar-refractivity contribution in [3.8, 4) is 0 Å². The number of carboxylic acid groups (broad SMARTS) is 1. The first-order valence-electron chi connectivity index (χ1n) is 8.58. The molecule has 0 fully saturated rings. The maximum atomic E-state index is 12.5. The predicted octanol–water partition coefficient (Wildman–Crippen LogP) is -2.19. The molecule has 0 heterocycles. The number of rotatable bonds is 11. The molecule has 0 aliphatic carbocycles. The number of hydrogen-bond donors (Lipinski definition) is 6. The summed E-state index contributed by atoms with van der Waals surface area (Å²) in [4.78, 5) is 58.4. The highest BCUT2D eigenvalue weighted by Gasteiger charge is 2.30. The topological polar surface area (TPSA) is 194 Å². The van der Waals surface area contributed by atoms with Gasteiger partial charge in [-0.3, -0.25) is 19.2 Å². The largest absolute Gasteiger partial charge is 0.480 e. The second kappa shape index (κ2) is 11.1. The molecule has 0 saturated carbocycles. The zero-order valence-corrected chi connectivity index (χ0v) is 15.9. The highest BCUT2D eigenvalue weighted by Crippen LogP contribution is 2.09. The third-order valence-corrected chi connectivity index (χ3v) is 3.98. The molecule has 154 valence electrons. The van der Waals surface area contributed by atoms with Crippen molar-refractivity contribution < 1.29 is 29.1 Å². The molecule has 0 rings (SSSR count). The van der Waals surface area contributed by atoms with Gasteiger partial charge >= 0.3 is 5.97 Å². The lowest BCUT2D eigenvalue weighted by Gasteiger charge is -2.26. The molecule has 0 saturated heterocycles. The molecular formula is C16H29N5O6. The third kappa shape index (κ3) is 8.49. The Morgan fingerprint density at radius 1 is 0.926 bits per heavy atom. The van der Waals surface area contributed by atoms with Gasteiger partial charge in [-0.2, -0.15) is 0 Å². The van der Waals surface area contributed by atoms with Crippen LogP contribution in [0.1, 0.15) is 40.5 Å². The Hall–Kier alpha value is -2.69. The number of carbonyl (C=O) groups is 5. The van der Waals surface area contributed by atoms with Crippen LogP contribution in [0.15, 0.2) is 0 Å². The summed E-state index contributed by atoms with van der Waals surface area (Å²) in [5.41, 5.74) is 10.4. The molecule has 0 aromatic rings. The Labute approximate surface area is 157 Å². The van der Waals surface area contributed by atoms with Crippen molar-refractivity contribution in [2.75, 3.05) is 0 Å². The minimum Gasteiger partial charge on any atom is -0.480 e. The summed E-state index contributed by atoms with van der Waals surface area (Å²) in [6.07, 6.45) is -0.000719. The van der Waals surface area contributed by atoms with Crippen molar-refractivity contribution in [3.05, 3.63) is 0 Å². The number of carbonyl (C=O) groups excluding carboxylic acids is 4. The predicted molar refractivity (Wildman–Crippen MR) is 96.0 cm³/mol. The summed E-state index contributed by atoms with van der Waals surface area (Å²) in [5, 5.41) is 16.1. The van der Waals surface area contributed by atoms with Crippen LogP contribution < -0.4 is 27.4 Å². The highest BCUT2D eigenvalue weighted by molar-refractivity contribution is 5.94. The van der Waals surface area contributed by atoms with Crippen LogP contribution in [0.25, 0.3) is 0 Å². The van der Waals surface area contributed by atoms with Crippen molar-refractivity contribution in [1.29, 1.82) is 0 Å². The third-order valence-electron chi connectivity index (χ3n) is 3.98. The van der Waals surface area contributed by atoms with Crippen LogP contribution in [0.2, 0.25) is 0 Å².